The molecule has 1 fully saturated rings. The molecule has 1 aromatic heterocycles. The minimum absolute atomic E-state index is 0.0311. The highest BCUT2D eigenvalue weighted by atomic mass is 16.7. The molecule has 0 saturated carbocycles. The van der Waals surface area contributed by atoms with Crippen LogP contribution < -0.4 is 0 Å². The number of ether oxygens (including phenoxy) is 2. The molecule has 3 nitrogen and oxygen atoms in total. The molecule has 1 unspecified atom stereocenters. The van der Waals surface area contributed by atoms with E-state index >= 15 is 0 Å². The zero-order valence-electron chi connectivity index (χ0n) is 10.0. The van der Waals surface area contributed by atoms with Crippen LogP contribution >= 0.6 is 0 Å². The van der Waals surface area contributed by atoms with E-state index in [1.807, 2.05) is 6.92 Å². The zero-order chi connectivity index (χ0) is 11.4. The van der Waals surface area contributed by atoms with Crippen molar-refractivity contribution in [3.63, 3.8) is 0 Å². The van der Waals surface area contributed by atoms with E-state index in [2.05, 4.69) is 24.0 Å². The average Bonchev–Trinajstić information content (AvgIpc) is 2.27. The maximum Gasteiger partial charge on any atom is 0.158 e. The second-order valence-corrected chi connectivity index (χ2v) is 4.38. The number of aryl methyl sites for hydroxylation is 2. The van der Waals surface area contributed by atoms with Crippen LogP contribution in [0.2, 0.25) is 0 Å². The lowest BCUT2D eigenvalue weighted by atomic mass is 10.2. The number of nitrogens with zero attached hydrogens (tertiary/aromatic N) is 1. The molecule has 0 amide bonds. The van der Waals surface area contributed by atoms with Gasteiger partial charge in [0.1, 0.15) is 0 Å². The van der Waals surface area contributed by atoms with Gasteiger partial charge in [0, 0.05) is 12.3 Å². The summed E-state index contributed by atoms with van der Waals surface area (Å²) in [7, 11) is 0. The molecule has 2 heterocycles. The summed E-state index contributed by atoms with van der Waals surface area (Å²) in [6.45, 7) is 5.46. The largest absolute Gasteiger partial charge is 0.353 e. The zero-order valence-corrected chi connectivity index (χ0v) is 10.0. The van der Waals surface area contributed by atoms with Crippen LogP contribution in [-0.2, 0) is 16.1 Å². The van der Waals surface area contributed by atoms with Crippen molar-refractivity contribution in [2.45, 2.75) is 46.0 Å². The fraction of sp³-hybridized carbons (Fsp3) is 0.615. The van der Waals surface area contributed by atoms with Crippen molar-refractivity contribution in [3.05, 3.63) is 29.1 Å². The Balaban J connectivity index is 1.88. The molecular formula is C13H19NO2. The minimum atomic E-state index is -0.0311. The van der Waals surface area contributed by atoms with Crippen molar-refractivity contribution in [1.29, 1.82) is 0 Å². The summed E-state index contributed by atoms with van der Waals surface area (Å²) in [6, 6.07) is 4.14. The van der Waals surface area contributed by atoms with Gasteiger partial charge in [0.25, 0.3) is 0 Å². The van der Waals surface area contributed by atoms with Gasteiger partial charge in [0.2, 0.25) is 0 Å². The van der Waals surface area contributed by atoms with Crippen LogP contribution in [0.1, 0.15) is 36.2 Å². The minimum Gasteiger partial charge on any atom is -0.353 e. The molecule has 0 spiro atoms. The van der Waals surface area contributed by atoms with E-state index in [4.69, 9.17) is 9.47 Å². The molecule has 88 valence electrons. The van der Waals surface area contributed by atoms with Crippen LogP contribution in [0.15, 0.2) is 12.1 Å². The van der Waals surface area contributed by atoms with Gasteiger partial charge in [-0.1, -0.05) is 0 Å². The SMILES string of the molecule is Cc1cc(C)nc(COC2CCCCO2)c1. The first-order chi connectivity index (χ1) is 7.74. The number of aromatic nitrogens is 1. The summed E-state index contributed by atoms with van der Waals surface area (Å²) in [5.41, 5.74) is 3.27. The van der Waals surface area contributed by atoms with Crippen molar-refractivity contribution < 1.29 is 9.47 Å². The van der Waals surface area contributed by atoms with E-state index < -0.39 is 0 Å². The van der Waals surface area contributed by atoms with Gasteiger partial charge in [-0.25, -0.2) is 0 Å². The second-order valence-electron chi connectivity index (χ2n) is 4.38. The Bertz CT molecular complexity index is 326. The normalized spacial score (nSPS) is 21.0. The number of hydrogen-bond donors (Lipinski definition) is 0. The molecule has 16 heavy (non-hydrogen) atoms. The monoisotopic (exact) mass is 221 g/mol. The number of rotatable bonds is 3. The lowest BCUT2D eigenvalue weighted by molar-refractivity contribution is -0.169. The summed E-state index contributed by atoms with van der Waals surface area (Å²) in [5.74, 6) is 0. The van der Waals surface area contributed by atoms with Crippen molar-refractivity contribution in [2.75, 3.05) is 6.61 Å². The maximum atomic E-state index is 5.69. The third kappa shape index (κ3) is 3.29. The van der Waals surface area contributed by atoms with E-state index in [0.29, 0.717) is 6.61 Å². The van der Waals surface area contributed by atoms with E-state index in [-0.39, 0.29) is 6.29 Å². The quantitative estimate of drug-likeness (QED) is 0.786. The predicted octanol–water partition coefficient (Wildman–Crippen LogP) is 2.74. The van der Waals surface area contributed by atoms with Gasteiger partial charge in [-0.2, -0.15) is 0 Å². The summed E-state index contributed by atoms with van der Waals surface area (Å²) in [5, 5.41) is 0. The molecule has 0 radical (unpaired) electrons. The van der Waals surface area contributed by atoms with E-state index in [1.165, 1.54) is 12.0 Å². The molecule has 1 aliphatic rings. The van der Waals surface area contributed by atoms with Gasteiger partial charge in [-0.15, -0.1) is 0 Å². The van der Waals surface area contributed by atoms with Gasteiger partial charge in [0.05, 0.1) is 12.3 Å². The van der Waals surface area contributed by atoms with Crippen molar-refractivity contribution in [2.24, 2.45) is 0 Å². The highest BCUT2D eigenvalue weighted by molar-refractivity contribution is 5.18. The molecule has 0 aromatic carbocycles. The van der Waals surface area contributed by atoms with Crippen molar-refractivity contribution >= 4 is 0 Å². The van der Waals surface area contributed by atoms with Crippen LogP contribution in [0, 0.1) is 13.8 Å². The fourth-order valence-corrected chi connectivity index (χ4v) is 2.02. The van der Waals surface area contributed by atoms with Crippen LogP contribution in [0.4, 0.5) is 0 Å². The van der Waals surface area contributed by atoms with Crippen LogP contribution in [0.5, 0.6) is 0 Å². The van der Waals surface area contributed by atoms with Crippen molar-refractivity contribution in [1.82, 2.24) is 4.98 Å². The van der Waals surface area contributed by atoms with Crippen LogP contribution in [-0.4, -0.2) is 17.9 Å². The Morgan fingerprint density at radius 2 is 2.25 bits per heavy atom. The lowest BCUT2D eigenvalue weighted by Crippen LogP contribution is -2.22. The predicted molar refractivity (Wildman–Crippen MR) is 62.1 cm³/mol. The number of hydrogen-bond acceptors (Lipinski definition) is 3. The summed E-state index contributed by atoms with van der Waals surface area (Å²) < 4.78 is 11.2. The Morgan fingerprint density at radius 1 is 1.38 bits per heavy atom. The fourth-order valence-electron chi connectivity index (χ4n) is 2.02. The molecule has 0 aliphatic carbocycles. The lowest BCUT2D eigenvalue weighted by Gasteiger charge is -2.22. The highest BCUT2D eigenvalue weighted by Gasteiger charge is 2.14. The first kappa shape index (κ1) is 11.6. The van der Waals surface area contributed by atoms with E-state index in [0.717, 1.165) is 30.8 Å². The first-order valence-corrected chi connectivity index (χ1v) is 5.91. The standard InChI is InChI=1S/C13H19NO2/c1-10-7-11(2)14-12(8-10)9-16-13-5-3-4-6-15-13/h7-8,13H,3-6,9H2,1-2H3. The van der Waals surface area contributed by atoms with Gasteiger partial charge in [-0.05, 0) is 50.8 Å². The summed E-state index contributed by atoms with van der Waals surface area (Å²) in [6.07, 6.45) is 3.33. The smallest absolute Gasteiger partial charge is 0.158 e. The molecule has 0 bridgehead atoms. The van der Waals surface area contributed by atoms with Crippen molar-refractivity contribution in [3.8, 4) is 0 Å². The van der Waals surface area contributed by atoms with E-state index in [1.54, 1.807) is 0 Å². The third-order valence-electron chi connectivity index (χ3n) is 2.71. The van der Waals surface area contributed by atoms with Gasteiger partial charge >= 0.3 is 0 Å². The number of pyridine rings is 1. The molecule has 1 aromatic rings. The first-order valence-electron chi connectivity index (χ1n) is 5.91. The molecule has 0 N–H and O–H groups in total. The van der Waals surface area contributed by atoms with Gasteiger partial charge in [0.15, 0.2) is 6.29 Å². The molecule has 1 atom stereocenters. The summed E-state index contributed by atoms with van der Waals surface area (Å²) in [4.78, 5) is 4.44. The topological polar surface area (TPSA) is 31.4 Å². The Kier molecular flexibility index (Phi) is 3.91. The van der Waals surface area contributed by atoms with Crippen LogP contribution in [0.3, 0.4) is 0 Å². The molecule has 1 aliphatic heterocycles. The summed E-state index contributed by atoms with van der Waals surface area (Å²) >= 11 is 0. The highest BCUT2D eigenvalue weighted by Crippen LogP contribution is 2.15. The molecule has 2 rings (SSSR count). The van der Waals surface area contributed by atoms with Crippen LogP contribution in [0.25, 0.3) is 0 Å². The Hall–Kier alpha value is -0.930. The Morgan fingerprint density at radius 3 is 2.94 bits per heavy atom. The third-order valence-corrected chi connectivity index (χ3v) is 2.71. The molecular weight excluding hydrogens is 202 g/mol. The van der Waals surface area contributed by atoms with E-state index in [9.17, 15) is 0 Å². The Labute approximate surface area is 96.8 Å². The molecule has 3 heteroatoms. The second kappa shape index (κ2) is 5.41. The average molecular weight is 221 g/mol. The molecule has 1 saturated heterocycles. The van der Waals surface area contributed by atoms with Gasteiger partial charge < -0.3 is 9.47 Å². The van der Waals surface area contributed by atoms with Gasteiger partial charge in [-0.3, -0.25) is 4.98 Å². The maximum absolute atomic E-state index is 5.69.